The number of ether oxygens (including phenoxy) is 2. The molecule has 2 aromatic rings. The normalized spacial score (nSPS) is 20.7. The van der Waals surface area contributed by atoms with Gasteiger partial charge in [0.2, 0.25) is 12.7 Å². The van der Waals surface area contributed by atoms with Crippen LogP contribution < -0.4 is 9.05 Å². The summed E-state index contributed by atoms with van der Waals surface area (Å²) in [6.45, 7) is 6.09. The van der Waals surface area contributed by atoms with Crippen molar-refractivity contribution in [1.82, 2.24) is 4.90 Å². The van der Waals surface area contributed by atoms with Gasteiger partial charge in [-0.25, -0.2) is 4.79 Å². The van der Waals surface area contributed by atoms with E-state index >= 15 is 0 Å². The predicted molar refractivity (Wildman–Crippen MR) is 131 cm³/mol. The van der Waals surface area contributed by atoms with Gasteiger partial charge in [0.05, 0.1) is 12.0 Å². The fourth-order valence-electron chi connectivity index (χ4n) is 4.45. The Hall–Kier alpha value is -3.78. The largest absolute Gasteiger partial charge is 0.646 e. The van der Waals surface area contributed by atoms with E-state index in [4.69, 9.17) is 23.0 Å². The van der Waals surface area contributed by atoms with Crippen LogP contribution in [0.1, 0.15) is 27.7 Å². The number of fused-ring (bicyclic) bond motifs is 1. The van der Waals surface area contributed by atoms with Gasteiger partial charge in [-0.15, -0.1) is 0 Å². The Morgan fingerprint density at radius 2 is 1.46 bits per heavy atom. The van der Waals surface area contributed by atoms with Crippen LogP contribution in [-0.4, -0.2) is 35.6 Å². The van der Waals surface area contributed by atoms with Gasteiger partial charge in [-0.05, 0) is 30.2 Å². The second kappa shape index (κ2) is 10.7. The second-order valence-electron chi connectivity index (χ2n) is 9.00. The van der Waals surface area contributed by atoms with Crippen molar-refractivity contribution in [2.45, 2.75) is 33.7 Å². The highest BCUT2D eigenvalue weighted by atomic mass is 31.2. The highest BCUT2D eigenvalue weighted by molar-refractivity contribution is 7.49. The van der Waals surface area contributed by atoms with Crippen LogP contribution in [0.4, 0.5) is 0 Å². The van der Waals surface area contributed by atoms with Crippen LogP contribution in [0.5, 0.6) is 11.5 Å². The third kappa shape index (κ3) is 5.49. The number of benzene rings is 2. The van der Waals surface area contributed by atoms with Gasteiger partial charge in [-0.1, -0.05) is 57.2 Å². The molecule has 1 saturated heterocycles. The summed E-state index contributed by atoms with van der Waals surface area (Å²) in [7, 11) is -4.45. The van der Waals surface area contributed by atoms with E-state index in [-0.39, 0.29) is 40.7 Å². The van der Waals surface area contributed by atoms with E-state index < -0.39 is 38.5 Å². The van der Waals surface area contributed by atoms with Crippen LogP contribution in [0.3, 0.4) is 0 Å². The Morgan fingerprint density at radius 1 is 0.919 bits per heavy atom. The summed E-state index contributed by atoms with van der Waals surface area (Å²) in [4.78, 5) is 38.5. The number of hydrogen-bond acceptors (Lipinski definition) is 9. The molecule has 1 fully saturated rings. The van der Waals surface area contributed by atoms with Crippen molar-refractivity contribution in [2.75, 3.05) is 6.79 Å². The van der Waals surface area contributed by atoms with Crippen molar-refractivity contribution >= 4 is 25.7 Å². The monoisotopic (exact) mass is 529 g/mol. The molecule has 11 heteroatoms. The van der Waals surface area contributed by atoms with E-state index in [0.29, 0.717) is 0 Å². The predicted octanol–water partition coefficient (Wildman–Crippen LogP) is 4.68. The van der Waals surface area contributed by atoms with Gasteiger partial charge >= 0.3 is 19.8 Å². The molecule has 0 aliphatic carbocycles. The molecule has 2 heterocycles. The molecule has 1 amide bonds. The van der Waals surface area contributed by atoms with E-state index in [1.807, 2.05) is 13.8 Å². The van der Waals surface area contributed by atoms with E-state index in [1.165, 1.54) is 11.8 Å². The molecule has 196 valence electrons. The molecule has 0 bridgehead atoms. The summed E-state index contributed by atoms with van der Waals surface area (Å²) in [6.07, 6.45) is 0. The first-order chi connectivity index (χ1) is 17.6. The molecule has 0 radical (unpaired) electrons. The van der Waals surface area contributed by atoms with Crippen molar-refractivity contribution in [3.05, 3.63) is 72.1 Å². The van der Waals surface area contributed by atoms with Crippen LogP contribution in [-0.2, 0) is 32.9 Å². The smallest absolute Gasteiger partial charge is 0.428 e. The van der Waals surface area contributed by atoms with Crippen LogP contribution >= 0.6 is 7.82 Å². The maximum absolute atomic E-state index is 14.0. The zero-order valence-corrected chi connectivity index (χ0v) is 21.8. The number of amides is 1. The van der Waals surface area contributed by atoms with Gasteiger partial charge in [-0.2, -0.15) is 4.57 Å². The maximum Gasteiger partial charge on any atom is 0.646 e. The van der Waals surface area contributed by atoms with Gasteiger partial charge in [-0.3, -0.25) is 14.5 Å². The summed E-state index contributed by atoms with van der Waals surface area (Å²) >= 11 is 0. The molecular formula is C26H28NO9P. The minimum absolute atomic E-state index is 0.0122. The van der Waals surface area contributed by atoms with Gasteiger partial charge in [0.25, 0.3) is 0 Å². The number of esters is 2. The number of para-hydroxylation sites is 2. The molecule has 3 atom stereocenters. The Balaban J connectivity index is 1.71. The molecule has 0 unspecified atom stereocenters. The molecule has 0 aromatic heterocycles. The molecule has 10 nitrogen and oxygen atoms in total. The van der Waals surface area contributed by atoms with Gasteiger partial charge < -0.3 is 23.0 Å². The van der Waals surface area contributed by atoms with Crippen LogP contribution in [0, 0.1) is 17.8 Å². The average Bonchev–Trinajstić information content (AvgIpc) is 3.07. The summed E-state index contributed by atoms with van der Waals surface area (Å²) in [5.74, 6) is -2.46. The number of carbonyl (C=O) groups is 3. The molecule has 4 rings (SSSR count). The summed E-state index contributed by atoms with van der Waals surface area (Å²) in [5.41, 5.74) is -0.222. The van der Waals surface area contributed by atoms with Crippen LogP contribution in [0.2, 0.25) is 0 Å². The lowest BCUT2D eigenvalue weighted by atomic mass is 9.75. The Bertz CT molecular complexity index is 1200. The fraction of sp³-hybridized carbons (Fsp3) is 0.346. The van der Waals surface area contributed by atoms with Crippen molar-refractivity contribution in [1.29, 1.82) is 0 Å². The molecule has 2 aliphatic heterocycles. The first-order valence-electron chi connectivity index (χ1n) is 11.8. The highest BCUT2D eigenvalue weighted by Crippen LogP contribution is 2.57. The first kappa shape index (κ1) is 26.3. The number of carbonyl (C=O) groups excluding carboxylic acids is 3. The Morgan fingerprint density at radius 3 is 1.95 bits per heavy atom. The molecule has 37 heavy (non-hydrogen) atoms. The first-order valence-corrected chi connectivity index (χ1v) is 13.2. The highest BCUT2D eigenvalue weighted by Gasteiger charge is 2.61. The second-order valence-corrected chi connectivity index (χ2v) is 10.4. The molecule has 0 N–H and O–H groups in total. The fourth-order valence-corrected chi connectivity index (χ4v) is 5.82. The third-order valence-electron chi connectivity index (χ3n) is 6.08. The number of nitrogens with zero attached hydrogens (tertiary/aromatic N) is 1. The maximum atomic E-state index is 14.0. The Kier molecular flexibility index (Phi) is 7.59. The number of β-lactam (4-membered cyclic amide) rings is 1. The zero-order chi connectivity index (χ0) is 26.7. The summed E-state index contributed by atoms with van der Waals surface area (Å²) < 4.78 is 41.1. The van der Waals surface area contributed by atoms with Gasteiger partial charge in [0, 0.05) is 12.8 Å². The van der Waals surface area contributed by atoms with Crippen molar-refractivity contribution in [2.24, 2.45) is 17.8 Å². The molecule has 2 aliphatic rings. The lowest BCUT2D eigenvalue weighted by Crippen LogP contribution is -2.62. The van der Waals surface area contributed by atoms with Crippen LogP contribution in [0.15, 0.2) is 72.1 Å². The van der Waals surface area contributed by atoms with Crippen molar-refractivity contribution < 1.29 is 42.0 Å². The van der Waals surface area contributed by atoms with Gasteiger partial charge in [0.1, 0.15) is 17.3 Å². The minimum Gasteiger partial charge on any atom is -0.428 e. The standard InChI is InChI=1S/C26H28NO9P/c1-16(2)21-22-17(3)24(23(27(22)25(21)29)26(30)33-15-32-18(4)28)36-37(31,34-19-11-7-5-8-12-19)35-20-13-9-6-10-14-20/h5-14,16-17,21-22H,15H2,1-4H3/t17-,21-,22-/m1/s1. The van der Waals surface area contributed by atoms with E-state index in [9.17, 15) is 18.9 Å². The minimum atomic E-state index is -4.45. The van der Waals surface area contributed by atoms with Crippen molar-refractivity contribution in [3.8, 4) is 11.5 Å². The van der Waals surface area contributed by atoms with E-state index in [1.54, 1.807) is 67.6 Å². The number of phosphoric ester groups is 1. The van der Waals surface area contributed by atoms with Crippen molar-refractivity contribution in [3.63, 3.8) is 0 Å². The molecule has 0 spiro atoms. The molecule has 0 saturated carbocycles. The SMILES string of the molecule is CC(=O)OCOC(=O)C1=C(OP(=O)(Oc2ccccc2)Oc2ccccc2)[C@H](C)[C@@H]2[C@@H](C(C)C)C(=O)N12. The Labute approximate surface area is 214 Å². The van der Waals surface area contributed by atoms with Crippen LogP contribution in [0.25, 0.3) is 0 Å². The van der Waals surface area contributed by atoms with Gasteiger partial charge in [0.15, 0.2) is 5.70 Å². The average molecular weight is 529 g/mol. The summed E-state index contributed by atoms with van der Waals surface area (Å²) in [5, 5.41) is 0. The topological polar surface area (TPSA) is 118 Å². The lowest BCUT2D eigenvalue weighted by Gasteiger charge is -2.46. The number of phosphoric acid groups is 1. The number of rotatable bonds is 10. The number of hydrogen-bond donors (Lipinski definition) is 0. The summed E-state index contributed by atoms with van der Waals surface area (Å²) in [6, 6.07) is 16.2. The van der Waals surface area contributed by atoms with E-state index in [0.717, 1.165) is 0 Å². The quantitative estimate of drug-likeness (QED) is 0.187. The zero-order valence-electron chi connectivity index (χ0n) is 20.9. The van der Waals surface area contributed by atoms with E-state index in [2.05, 4.69) is 0 Å². The molecule has 2 aromatic carbocycles. The third-order valence-corrected chi connectivity index (χ3v) is 7.37. The lowest BCUT2D eigenvalue weighted by molar-refractivity contribution is -0.169. The molecular weight excluding hydrogens is 501 g/mol.